The molecule has 2 bridgehead atoms. The average Bonchev–Trinajstić information content (AvgIpc) is 2.80. The van der Waals surface area contributed by atoms with E-state index in [1.54, 1.807) is 0 Å². The molecule has 0 aromatic heterocycles. The van der Waals surface area contributed by atoms with Gasteiger partial charge in [-0.1, -0.05) is 31.4 Å². The van der Waals surface area contributed by atoms with Crippen molar-refractivity contribution in [1.82, 2.24) is 4.90 Å². The minimum atomic E-state index is -0.438. The first-order chi connectivity index (χ1) is 15.7. The molecule has 5 heteroatoms. The number of ether oxygens (including phenoxy) is 2. The summed E-state index contributed by atoms with van der Waals surface area (Å²) in [7, 11) is 0. The highest BCUT2D eigenvalue weighted by molar-refractivity contribution is 5.80. The van der Waals surface area contributed by atoms with Crippen molar-refractivity contribution in [3.8, 4) is 5.75 Å². The smallest absolute Gasteiger partial charge is 0.317 e. The van der Waals surface area contributed by atoms with Crippen molar-refractivity contribution in [2.75, 3.05) is 19.6 Å². The summed E-state index contributed by atoms with van der Waals surface area (Å²) in [6.45, 7) is 9.12. The third-order valence-corrected chi connectivity index (χ3v) is 7.92. The van der Waals surface area contributed by atoms with Gasteiger partial charge < -0.3 is 14.4 Å². The Labute approximate surface area is 199 Å². The Morgan fingerprint density at radius 2 is 1.70 bits per heavy atom. The third kappa shape index (κ3) is 5.98. The van der Waals surface area contributed by atoms with Gasteiger partial charge in [-0.15, -0.1) is 0 Å². The summed E-state index contributed by atoms with van der Waals surface area (Å²) < 4.78 is 11.4. The van der Waals surface area contributed by atoms with Crippen LogP contribution in [-0.2, 0) is 20.7 Å². The number of piperidine rings is 3. The monoisotopic (exact) mass is 455 g/mol. The number of nitrogens with zero attached hydrogens (tertiary/aromatic N) is 1. The third-order valence-electron chi connectivity index (χ3n) is 7.92. The van der Waals surface area contributed by atoms with Crippen LogP contribution in [0.3, 0.4) is 0 Å². The molecule has 182 valence electrons. The Morgan fingerprint density at radius 3 is 2.27 bits per heavy atom. The first kappa shape index (κ1) is 24.3. The Hall–Kier alpha value is -1.88. The molecule has 33 heavy (non-hydrogen) atoms. The highest BCUT2D eigenvalue weighted by Crippen LogP contribution is 2.51. The second kappa shape index (κ2) is 10.2. The summed E-state index contributed by atoms with van der Waals surface area (Å²) in [6.07, 6.45) is 9.88. The Balaban J connectivity index is 1.34. The second-order valence-corrected chi connectivity index (χ2v) is 11.4. The van der Waals surface area contributed by atoms with E-state index in [-0.39, 0.29) is 17.4 Å². The second-order valence-electron chi connectivity index (χ2n) is 11.4. The van der Waals surface area contributed by atoms with Crippen molar-refractivity contribution in [3.05, 3.63) is 29.8 Å². The zero-order valence-corrected chi connectivity index (χ0v) is 20.7. The topological polar surface area (TPSA) is 55.8 Å². The van der Waals surface area contributed by atoms with Crippen LogP contribution in [0.15, 0.2) is 24.3 Å². The predicted molar refractivity (Wildman–Crippen MR) is 129 cm³/mol. The molecular formula is C28H41NO4. The molecule has 4 aliphatic rings. The summed E-state index contributed by atoms with van der Waals surface area (Å²) in [5.74, 6) is 1.60. The largest absolute Gasteiger partial charge is 0.460 e. The SMILES string of the molecule is CC(C)(C)OC(=O)CCCc1ccc(OC(=O)C2([C@@H]3CN4CCC3CC4)CCCCC2)cc1. The molecule has 3 heterocycles. The summed E-state index contributed by atoms with van der Waals surface area (Å²) in [5.41, 5.74) is 0.393. The van der Waals surface area contributed by atoms with Crippen molar-refractivity contribution in [1.29, 1.82) is 0 Å². The van der Waals surface area contributed by atoms with E-state index in [0.717, 1.165) is 50.6 Å². The molecular weight excluding hydrogens is 414 g/mol. The number of hydrogen-bond donors (Lipinski definition) is 0. The van der Waals surface area contributed by atoms with Crippen LogP contribution in [0.5, 0.6) is 5.75 Å². The summed E-state index contributed by atoms with van der Waals surface area (Å²) in [4.78, 5) is 28.1. The lowest BCUT2D eigenvalue weighted by molar-refractivity contribution is -0.159. The van der Waals surface area contributed by atoms with Gasteiger partial charge >= 0.3 is 11.9 Å². The van der Waals surface area contributed by atoms with Gasteiger partial charge in [0, 0.05) is 13.0 Å². The number of benzene rings is 1. The van der Waals surface area contributed by atoms with Gasteiger partial charge in [0.15, 0.2) is 0 Å². The molecule has 5 nitrogen and oxygen atoms in total. The van der Waals surface area contributed by atoms with Crippen molar-refractivity contribution in [3.63, 3.8) is 0 Å². The van der Waals surface area contributed by atoms with Crippen molar-refractivity contribution in [2.45, 2.75) is 90.6 Å². The molecule has 1 aromatic carbocycles. The van der Waals surface area contributed by atoms with E-state index in [0.29, 0.717) is 24.0 Å². The molecule has 0 spiro atoms. The quantitative estimate of drug-likeness (QED) is 0.399. The number of hydrogen-bond acceptors (Lipinski definition) is 5. The number of esters is 2. The van der Waals surface area contributed by atoms with Gasteiger partial charge in [-0.05, 0) is 102 Å². The van der Waals surface area contributed by atoms with Gasteiger partial charge in [0.2, 0.25) is 0 Å². The van der Waals surface area contributed by atoms with E-state index in [9.17, 15) is 9.59 Å². The van der Waals surface area contributed by atoms with E-state index in [1.807, 2.05) is 45.0 Å². The van der Waals surface area contributed by atoms with Gasteiger partial charge in [0.25, 0.3) is 0 Å². The lowest BCUT2D eigenvalue weighted by atomic mass is 9.58. The van der Waals surface area contributed by atoms with Crippen LogP contribution in [0.4, 0.5) is 0 Å². The van der Waals surface area contributed by atoms with Crippen LogP contribution in [-0.4, -0.2) is 42.1 Å². The average molecular weight is 456 g/mol. The van der Waals surface area contributed by atoms with E-state index >= 15 is 0 Å². The molecule has 0 amide bonds. The Morgan fingerprint density at radius 1 is 1.03 bits per heavy atom. The molecule has 1 aromatic rings. The van der Waals surface area contributed by atoms with Crippen LogP contribution >= 0.6 is 0 Å². The van der Waals surface area contributed by atoms with E-state index in [4.69, 9.17) is 9.47 Å². The summed E-state index contributed by atoms with van der Waals surface area (Å²) >= 11 is 0. The molecule has 0 radical (unpaired) electrons. The van der Waals surface area contributed by atoms with E-state index in [2.05, 4.69) is 4.90 Å². The Bertz CT molecular complexity index is 811. The van der Waals surface area contributed by atoms with E-state index in [1.165, 1.54) is 32.4 Å². The molecule has 0 N–H and O–H groups in total. The number of carbonyl (C=O) groups is 2. The number of carbonyl (C=O) groups excluding carboxylic acids is 2. The molecule has 3 saturated heterocycles. The van der Waals surface area contributed by atoms with Crippen LogP contribution in [0.1, 0.15) is 84.1 Å². The van der Waals surface area contributed by atoms with Crippen molar-refractivity contribution < 1.29 is 19.1 Å². The molecule has 3 aliphatic heterocycles. The summed E-state index contributed by atoms with van der Waals surface area (Å²) in [5, 5.41) is 0. The fourth-order valence-corrected chi connectivity index (χ4v) is 6.26. The minimum absolute atomic E-state index is 0.00127. The lowest BCUT2D eigenvalue weighted by Crippen LogP contribution is -2.57. The molecule has 5 rings (SSSR count). The normalized spacial score (nSPS) is 26.6. The highest BCUT2D eigenvalue weighted by atomic mass is 16.6. The molecule has 1 atom stereocenters. The van der Waals surface area contributed by atoms with Gasteiger partial charge in [0.1, 0.15) is 11.4 Å². The van der Waals surface area contributed by atoms with Gasteiger partial charge in [0.05, 0.1) is 5.41 Å². The van der Waals surface area contributed by atoms with Crippen LogP contribution in [0, 0.1) is 17.3 Å². The number of aryl methyl sites for hydroxylation is 1. The number of fused-ring (bicyclic) bond motifs is 3. The Kier molecular flexibility index (Phi) is 7.47. The lowest BCUT2D eigenvalue weighted by Gasteiger charge is -2.53. The van der Waals surface area contributed by atoms with Gasteiger partial charge in [-0.2, -0.15) is 0 Å². The molecule has 0 unspecified atom stereocenters. The highest BCUT2D eigenvalue weighted by Gasteiger charge is 2.53. The van der Waals surface area contributed by atoms with Crippen molar-refractivity contribution in [2.24, 2.45) is 17.3 Å². The maximum Gasteiger partial charge on any atom is 0.317 e. The molecule has 1 aliphatic carbocycles. The van der Waals surface area contributed by atoms with Crippen LogP contribution in [0.2, 0.25) is 0 Å². The summed E-state index contributed by atoms with van der Waals surface area (Å²) in [6, 6.07) is 7.85. The minimum Gasteiger partial charge on any atom is -0.460 e. The van der Waals surface area contributed by atoms with Crippen molar-refractivity contribution >= 4 is 11.9 Å². The molecule has 1 saturated carbocycles. The molecule has 4 fully saturated rings. The maximum atomic E-state index is 13.6. The van der Waals surface area contributed by atoms with E-state index < -0.39 is 5.60 Å². The van der Waals surface area contributed by atoms with Crippen LogP contribution < -0.4 is 4.74 Å². The number of rotatable bonds is 7. The zero-order valence-electron chi connectivity index (χ0n) is 20.7. The zero-order chi connectivity index (χ0) is 23.5. The maximum absolute atomic E-state index is 13.6. The van der Waals surface area contributed by atoms with Gasteiger partial charge in [-0.25, -0.2) is 0 Å². The standard InChI is InChI=1S/C28H41NO4/c1-27(2,3)33-25(30)9-7-8-21-10-12-23(13-11-21)32-26(31)28(16-5-4-6-17-28)24-20-29-18-14-22(24)15-19-29/h10-13,22,24H,4-9,14-20H2,1-3H3/t24-/m1/s1. The van der Waals surface area contributed by atoms with Gasteiger partial charge in [-0.3, -0.25) is 9.59 Å². The predicted octanol–water partition coefficient (Wildman–Crippen LogP) is 5.55. The van der Waals surface area contributed by atoms with Crippen LogP contribution in [0.25, 0.3) is 0 Å². The first-order valence-electron chi connectivity index (χ1n) is 13.0. The fourth-order valence-electron chi connectivity index (χ4n) is 6.26. The first-order valence-corrected chi connectivity index (χ1v) is 13.0. The fraction of sp³-hybridized carbons (Fsp3) is 0.714.